The molecule has 0 radical (unpaired) electrons. The molecule has 0 aliphatic heterocycles. The molecule has 2 aromatic rings. The summed E-state index contributed by atoms with van der Waals surface area (Å²) in [5.41, 5.74) is 1.41. The van der Waals surface area contributed by atoms with Crippen LogP contribution in [0.2, 0.25) is 0 Å². The van der Waals surface area contributed by atoms with Crippen LogP contribution in [0.15, 0.2) is 54.6 Å². The number of benzene rings is 2. The van der Waals surface area contributed by atoms with E-state index in [1.165, 1.54) is 18.2 Å². The maximum atomic E-state index is 12.8. The number of halogens is 1. The van der Waals surface area contributed by atoms with Gasteiger partial charge in [0.2, 0.25) is 5.91 Å². The summed E-state index contributed by atoms with van der Waals surface area (Å²) in [6.07, 6.45) is 2.12. The van der Waals surface area contributed by atoms with Crippen molar-refractivity contribution in [1.29, 1.82) is 0 Å². The first-order valence-electron chi connectivity index (χ1n) is 7.12. The molecule has 2 N–H and O–H groups in total. The van der Waals surface area contributed by atoms with Crippen molar-refractivity contribution in [3.05, 3.63) is 71.6 Å². The SMILES string of the molecule is COc1ccc(C(O)CNC(=O)/C=C/c2ccc(F)cc2)cc1. The third-order valence-electron chi connectivity index (χ3n) is 3.27. The molecule has 23 heavy (non-hydrogen) atoms. The molecule has 4 nitrogen and oxygen atoms in total. The smallest absolute Gasteiger partial charge is 0.244 e. The molecule has 120 valence electrons. The molecule has 0 aliphatic rings. The molecular formula is C18H18FNO3. The van der Waals surface area contributed by atoms with Gasteiger partial charge in [-0.25, -0.2) is 4.39 Å². The normalized spacial score (nSPS) is 12.1. The van der Waals surface area contributed by atoms with Crippen molar-refractivity contribution in [1.82, 2.24) is 5.32 Å². The fourth-order valence-electron chi connectivity index (χ4n) is 1.95. The van der Waals surface area contributed by atoms with E-state index in [9.17, 15) is 14.3 Å². The van der Waals surface area contributed by atoms with Crippen LogP contribution < -0.4 is 10.1 Å². The monoisotopic (exact) mass is 315 g/mol. The second-order valence-corrected chi connectivity index (χ2v) is 4.92. The topological polar surface area (TPSA) is 58.6 Å². The number of hydrogen-bond acceptors (Lipinski definition) is 3. The first-order valence-corrected chi connectivity index (χ1v) is 7.12. The van der Waals surface area contributed by atoms with Crippen LogP contribution in [0.3, 0.4) is 0 Å². The van der Waals surface area contributed by atoms with Gasteiger partial charge in [0, 0.05) is 12.6 Å². The number of methoxy groups -OCH3 is 1. The van der Waals surface area contributed by atoms with Gasteiger partial charge in [0.25, 0.3) is 0 Å². The van der Waals surface area contributed by atoms with Crippen LogP contribution in [-0.4, -0.2) is 24.7 Å². The Labute approximate surface area is 134 Å². The highest BCUT2D eigenvalue weighted by Crippen LogP contribution is 2.16. The molecule has 0 spiro atoms. The van der Waals surface area contributed by atoms with E-state index >= 15 is 0 Å². The summed E-state index contributed by atoms with van der Waals surface area (Å²) >= 11 is 0. The molecule has 0 saturated heterocycles. The van der Waals surface area contributed by atoms with E-state index in [1.807, 2.05) is 0 Å². The fourth-order valence-corrected chi connectivity index (χ4v) is 1.95. The second kappa shape index (κ2) is 8.10. The Kier molecular flexibility index (Phi) is 5.88. The van der Waals surface area contributed by atoms with Gasteiger partial charge in [0.1, 0.15) is 11.6 Å². The van der Waals surface area contributed by atoms with Crippen LogP contribution in [0.4, 0.5) is 4.39 Å². The maximum Gasteiger partial charge on any atom is 0.244 e. The molecule has 1 unspecified atom stereocenters. The Bertz CT molecular complexity index is 666. The number of nitrogens with one attached hydrogen (secondary N) is 1. The van der Waals surface area contributed by atoms with E-state index in [0.717, 1.165) is 5.56 Å². The molecule has 5 heteroatoms. The summed E-state index contributed by atoms with van der Waals surface area (Å²) in [6, 6.07) is 12.8. The van der Waals surface area contributed by atoms with Crippen LogP contribution in [0, 0.1) is 5.82 Å². The van der Waals surface area contributed by atoms with Gasteiger partial charge in [-0.1, -0.05) is 24.3 Å². The maximum absolute atomic E-state index is 12.8. The molecule has 0 aliphatic carbocycles. The van der Waals surface area contributed by atoms with Crippen LogP contribution in [0.25, 0.3) is 6.08 Å². The van der Waals surface area contributed by atoms with Crippen molar-refractivity contribution < 1.29 is 19.0 Å². The van der Waals surface area contributed by atoms with Gasteiger partial charge in [0.05, 0.1) is 13.2 Å². The van der Waals surface area contributed by atoms with Gasteiger partial charge in [-0.15, -0.1) is 0 Å². The van der Waals surface area contributed by atoms with Gasteiger partial charge in [-0.05, 0) is 41.5 Å². The van der Waals surface area contributed by atoms with Gasteiger partial charge < -0.3 is 15.2 Å². The quantitative estimate of drug-likeness (QED) is 0.806. The first-order chi connectivity index (χ1) is 11.1. The number of carbonyl (C=O) groups excluding carboxylic acids is 1. The Balaban J connectivity index is 1.84. The predicted molar refractivity (Wildman–Crippen MR) is 86.4 cm³/mol. The minimum atomic E-state index is -0.802. The summed E-state index contributed by atoms with van der Waals surface area (Å²) < 4.78 is 17.8. The molecule has 0 bridgehead atoms. The summed E-state index contributed by atoms with van der Waals surface area (Å²) in [4.78, 5) is 11.7. The summed E-state index contributed by atoms with van der Waals surface area (Å²) in [5.74, 6) is 0.0447. The van der Waals surface area contributed by atoms with Gasteiger partial charge in [-0.2, -0.15) is 0 Å². The predicted octanol–water partition coefficient (Wildman–Crippen LogP) is 2.70. The standard InChI is InChI=1S/C18H18FNO3/c1-23-16-9-5-14(6-10-16)17(21)12-20-18(22)11-4-13-2-7-15(19)8-3-13/h2-11,17,21H,12H2,1H3,(H,20,22)/b11-4+. The average Bonchev–Trinajstić information content (AvgIpc) is 2.59. The Hall–Kier alpha value is -2.66. The molecule has 0 heterocycles. The Morgan fingerprint density at radius 1 is 1.22 bits per heavy atom. The highest BCUT2D eigenvalue weighted by atomic mass is 19.1. The molecular weight excluding hydrogens is 297 g/mol. The van der Waals surface area contributed by atoms with Crippen molar-refractivity contribution in [2.75, 3.05) is 13.7 Å². The third-order valence-corrected chi connectivity index (χ3v) is 3.27. The van der Waals surface area contributed by atoms with E-state index in [4.69, 9.17) is 4.74 Å². The van der Waals surface area contributed by atoms with Crippen LogP contribution in [-0.2, 0) is 4.79 Å². The average molecular weight is 315 g/mol. The number of carbonyl (C=O) groups is 1. The van der Waals surface area contributed by atoms with E-state index in [0.29, 0.717) is 11.3 Å². The van der Waals surface area contributed by atoms with E-state index in [1.54, 1.807) is 49.6 Å². The number of aliphatic hydroxyl groups is 1. The van der Waals surface area contributed by atoms with Crippen LogP contribution in [0.5, 0.6) is 5.75 Å². The van der Waals surface area contributed by atoms with Gasteiger partial charge in [-0.3, -0.25) is 4.79 Å². The van der Waals surface area contributed by atoms with E-state index in [2.05, 4.69) is 5.32 Å². The van der Waals surface area contributed by atoms with Crippen LogP contribution in [0.1, 0.15) is 17.2 Å². The molecule has 0 aromatic heterocycles. The lowest BCUT2D eigenvalue weighted by molar-refractivity contribution is -0.116. The van der Waals surface area contributed by atoms with Crippen molar-refractivity contribution in [3.63, 3.8) is 0 Å². The molecule has 0 saturated carbocycles. The first kappa shape index (κ1) is 16.7. The molecule has 2 rings (SSSR count). The highest BCUT2D eigenvalue weighted by Gasteiger charge is 2.08. The number of hydrogen-bond donors (Lipinski definition) is 2. The lowest BCUT2D eigenvalue weighted by Gasteiger charge is -2.11. The number of aliphatic hydroxyl groups excluding tert-OH is 1. The Morgan fingerprint density at radius 2 is 1.87 bits per heavy atom. The minimum Gasteiger partial charge on any atom is -0.497 e. The van der Waals surface area contributed by atoms with Gasteiger partial charge >= 0.3 is 0 Å². The molecule has 2 aromatic carbocycles. The minimum absolute atomic E-state index is 0.0962. The highest BCUT2D eigenvalue weighted by molar-refractivity contribution is 5.91. The summed E-state index contributed by atoms with van der Waals surface area (Å²) in [5, 5.41) is 12.6. The lowest BCUT2D eigenvalue weighted by Crippen LogP contribution is -2.26. The number of ether oxygens (including phenoxy) is 1. The van der Waals surface area contributed by atoms with Crippen molar-refractivity contribution >= 4 is 12.0 Å². The number of rotatable bonds is 6. The second-order valence-electron chi connectivity index (χ2n) is 4.92. The largest absolute Gasteiger partial charge is 0.497 e. The third kappa shape index (κ3) is 5.23. The zero-order valence-corrected chi connectivity index (χ0v) is 12.7. The van der Waals surface area contributed by atoms with Crippen molar-refractivity contribution in [2.24, 2.45) is 0 Å². The summed E-state index contributed by atoms with van der Waals surface area (Å²) in [7, 11) is 1.57. The summed E-state index contributed by atoms with van der Waals surface area (Å²) in [6.45, 7) is 0.0962. The number of amides is 1. The van der Waals surface area contributed by atoms with Crippen LogP contribution >= 0.6 is 0 Å². The van der Waals surface area contributed by atoms with Gasteiger partial charge in [0.15, 0.2) is 0 Å². The van der Waals surface area contributed by atoms with Crippen molar-refractivity contribution in [3.8, 4) is 5.75 Å². The van der Waals surface area contributed by atoms with Crippen molar-refractivity contribution in [2.45, 2.75) is 6.10 Å². The Morgan fingerprint density at radius 3 is 2.48 bits per heavy atom. The molecule has 1 atom stereocenters. The zero-order valence-electron chi connectivity index (χ0n) is 12.7. The lowest BCUT2D eigenvalue weighted by atomic mass is 10.1. The molecule has 1 amide bonds. The van der Waals surface area contributed by atoms with E-state index in [-0.39, 0.29) is 18.3 Å². The molecule has 0 fully saturated rings. The fraction of sp³-hybridized carbons (Fsp3) is 0.167. The zero-order chi connectivity index (χ0) is 16.7. The van der Waals surface area contributed by atoms with E-state index < -0.39 is 6.10 Å².